The highest BCUT2D eigenvalue weighted by Gasteiger charge is 2.27. The summed E-state index contributed by atoms with van der Waals surface area (Å²) in [4.78, 5) is -0.108. The highest BCUT2D eigenvalue weighted by Crippen LogP contribution is 2.36. The van der Waals surface area contributed by atoms with Crippen molar-refractivity contribution in [1.29, 1.82) is 0 Å². The zero-order chi connectivity index (χ0) is 18.2. The van der Waals surface area contributed by atoms with Crippen LogP contribution >= 0.6 is 15.9 Å². The van der Waals surface area contributed by atoms with E-state index in [0.29, 0.717) is 15.4 Å². The van der Waals surface area contributed by atoms with Crippen LogP contribution in [0.4, 0.5) is 5.82 Å². The summed E-state index contributed by atoms with van der Waals surface area (Å²) in [6.07, 6.45) is 0. The van der Waals surface area contributed by atoms with Gasteiger partial charge in [-0.2, -0.15) is 0 Å². The van der Waals surface area contributed by atoms with Crippen LogP contribution in [0, 0.1) is 6.92 Å². The van der Waals surface area contributed by atoms with Crippen molar-refractivity contribution in [2.45, 2.75) is 11.8 Å². The SMILES string of the molecule is COc1cccc(OC)c1S(=O)(=O)Nc1noc2c(Br)cc(C)cc12. The van der Waals surface area contributed by atoms with Gasteiger partial charge in [0, 0.05) is 0 Å². The standard InChI is InChI=1S/C16H15BrN2O5S/c1-9-7-10-14(11(17)8-9)24-18-16(10)19-25(20,21)15-12(22-2)5-4-6-13(15)23-3/h4-8H,1-3H3,(H,18,19). The van der Waals surface area contributed by atoms with E-state index >= 15 is 0 Å². The number of rotatable bonds is 5. The Hall–Kier alpha value is -2.26. The number of fused-ring (bicyclic) bond motifs is 1. The van der Waals surface area contributed by atoms with Crippen LogP contribution in [0.15, 0.2) is 44.2 Å². The number of aryl methyl sites for hydroxylation is 1. The summed E-state index contributed by atoms with van der Waals surface area (Å²) < 4.78 is 44.5. The molecule has 7 nitrogen and oxygen atoms in total. The summed E-state index contributed by atoms with van der Waals surface area (Å²) in [5.74, 6) is 0.418. The number of nitrogens with one attached hydrogen (secondary N) is 1. The van der Waals surface area contributed by atoms with Gasteiger partial charge in [-0.25, -0.2) is 8.42 Å². The zero-order valence-corrected chi connectivity index (χ0v) is 16.1. The van der Waals surface area contributed by atoms with Crippen molar-refractivity contribution in [3.8, 4) is 11.5 Å². The van der Waals surface area contributed by atoms with E-state index in [9.17, 15) is 8.42 Å². The molecule has 0 unspecified atom stereocenters. The minimum Gasteiger partial charge on any atom is -0.495 e. The van der Waals surface area contributed by atoms with Gasteiger partial charge in [-0.15, -0.1) is 0 Å². The molecule has 0 amide bonds. The summed E-state index contributed by atoms with van der Waals surface area (Å²) in [6.45, 7) is 1.89. The topological polar surface area (TPSA) is 90.7 Å². The van der Waals surface area contributed by atoms with Crippen LogP contribution in [0.5, 0.6) is 11.5 Å². The number of nitrogens with zero attached hydrogens (tertiary/aromatic N) is 1. The number of halogens is 1. The summed E-state index contributed by atoms with van der Waals surface area (Å²) in [5, 5.41) is 4.39. The molecule has 2 aromatic carbocycles. The molecule has 0 atom stereocenters. The second-order valence-corrected chi connectivity index (χ2v) is 7.73. The van der Waals surface area contributed by atoms with Crippen LogP contribution in [0.1, 0.15) is 5.56 Å². The molecule has 0 aliphatic carbocycles. The van der Waals surface area contributed by atoms with Gasteiger partial charge in [0.05, 0.1) is 24.1 Å². The molecule has 0 radical (unpaired) electrons. The van der Waals surface area contributed by atoms with Gasteiger partial charge in [0.15, 0.2) is 16.3 Å². The molecule has 0 aliphatic heterocycles. The molecule has 0 spiro atoms. The van der Waals surface area contributed by atoms with Gasteiger partial charge >= 0.3 is 0 Å². The molecule has 3 rings (SSSR count). The Morgan fingerprint density at radius 3 is 2.40 bits per heavy atom. The molecule has 0 aliphatic rings. The van der Waals surface area contributed by atoms with Crippen LogP contribution in [0.3, 0.4) is 0 Å². The van der Waals surface area contributed by atoms with Crippen LogP contribution in [-0.4, -0.2) is 27.8 Å². The Balaban J connectivity index is 2.13. The molecule has 132 valence electrons. The maximum Gasteiger partial charge on any atom is 0.270 e. The first-order valence-electron chi connectivity index (χ1n) is 7.16. The van der Waals surface area contributed by atoms with E-state index in [1.165, 1.54) is 14.2 Å². The van der Waals surface area contributed by atoms with E-state index in [0.717, 1.165) is 5.56 Å². The van der Waals surface area contributed by atoms with Crippen molar-refractivity contribution in [2.75, 3.05) is 18.9 Å². The lowest BCUT2D eigenvalue weighted by Crippen LogP contribution is -2.15. The van der Waals surface area contributed by atoms with E-state index in [2.05, 4.69) is 25.8 Å². The van der Waals surface area contributed by atoms with Gasteiger partial charge < -0.3 is 14.0 Å². The van der Waals surface area contributed by atoms with E-state index < -0.39 is 10.0 Å². The first-order valence-corrected chi connectivity index (χ1v) is 9.44. The molecule has 0 saturated heterocycles. The summed E-state index contributed by atoms with van der Waals surface area (Å²) in [5.41, 5.74) is 1.38. The lowest BCUT2D eigenvalue weighted by Gasteiger charge is -2.13. The third-order valence-electron chi connectivity index (χ3n) is 3.55. The third-order valence-corrected chi connectivity index (χ3v) is 5.54. The predicted octanol–water partition coefficient (Wildman–Crippen LogP) is 3.72. The summed E-state index contributed by atoms with van der Waals surface area (Å²) in [6, 6.07) is 8.36. The molecule has 0 saturated carbocycles. The first kappa shape index (κ1) is 17.6. The first-order chi connectivity index (χ1) is 11.9. The number of hydrogen-bond acceptors (Lipinski definition) is 6. The Bertz CT molecular complexity index is 1020. The fraction of sp³-hybridized carbons (Fsp3) is 0.188. The van der Waals surface area contributed by atoms with Crippen molar-refractivity contribution in [2.24, 2.45) is 0 Å². The lowest BCUT2D eigenvalue weighted by atomic mass is 10.2. The van der Waals surface area contributed by atoms with Crippen molar-refractivity contribution >= 4 is 42.7 Å². The molecule has 1 aromatic heterocycles. The van der Waals surface area contributed by atoms with Gasteiger partial charge in [-0.3, -0.25) is 4.72 Å². The van der Waals surface area contributed by atoms with Gasteiger partial charge in [-0.05, 0) is 52.7 Å². The number of benzene rings is 2. The molecular weight excluding hydrogens is 412 g/mol. The van der Waals surface area contributed by atoms with E-state index in [-0.39, 0.29) is 22.2 Å². The highest BCUT2D eigenvalue weighted by molar-refractivity contribution is 9.10. The van der Waals surface area contributed by atoms with Crippen molar-refractivity contribution in [1.82, 2.24) is 5.16 Å². The predicted molar refractivity (Wildman–Crippen MR) is 96.8 cm³/mol. The second-order valence-electron chi connectivity index (χ2n) is 5.25. The maximum atomic E-state index is 12.9. The third kappa shape index (κ3) is 3.16. The Kier molecular flexibility index (Phi) is 4.61. The van der Waals surface area contributed by atoms with Crippen molar-refractivity contribution < 1.29 is 22.4 Å². The van der Waals surface area contributed by atoms with Crippen molar-refractivity contribution in [3.63, 3.8) is 0 Å². The molecule has 1 N–H and O–H groups in total. The quantitative estimate of drug-likeness (QED) is 0.668. The number of ether oxygens (including phenoxy) is 2. The fourth-order valence-electron chi connectivity index (χ4n) is 2.47. The summed E-state index contributed by atoms with van der Waals surface area (Å²) in [7, 11) is -1.25. The molecular formula is C16H15BrN2O5S. The van der Waals surface area contributed by atoms with Gasteiger partial charge in [0.2, 0.25) is 0 Å². The fourth-order valence-corrected chi connectivity index (χ4v) is 4.46. The largest absolute Gasteiger partial charge is 0.495 e. The Morgan fingerprint density at radius 2 is 1.80 bits per heavy atom. The normalized spacial score (nSPS) is 11.5. The molecule has 0 bridgehead atoms. The van der Waals surface area contributed by atoms with Gasteiger partial charge in [0.25, 0.3) is 10.0 Å². The van der Waals surface area contributed by atoms with Crippen LogP contribution < -0.4 is 14.2 Å². The number of methoxy groups -OCH3 is 2. The molecule has 3 aromatic rings. The van der Waals surface area contributed by atoms with E-state index in [4.69, 9.17) is 14.0 Å². The molecule has 25 heavy (non-hydrogen) atoms. The van der Waals surface area contributed by atoms with E-state index in [1.807, 2.05) is 13.0 Å². The number of sulfonamides is 1. The van der Waals surface area contributed by atoms with E-state index in [1.54, 1.807) is 24.3 Å². The van der Waals surface area contributed by atoms with Crippen LogP contribution in [0.25, 0.3) is 11.0 Å². The maximum absolute atomic E-state index is 12.9. The molecule has 0 fully saturated rings. The number of aromatic nitrogens is 1. The van der Waals surface area contributed by atoms with Crippen LogP contribution in [0.2, 0.25) is 0 Å². The van der Waals surface area contributed by atoms with Crippen LogP contribution in [-0.2, 0) is 10.0 Å². The highest BCUT2D eigenvalue weighted by atomic mass is 79.9. The van der Waals surface area contributed by atoms with Gasteiger partial charge in [0.1, 0.15) is 11.5 Å². The Morgan fingerprint density at radius 1 is 1.16 bits per heavy atom. The van der Waals surface area contributed by atoms with Gasteiger partial charge in [-0.1, -0.05) is 11.2 Å². The Labute approximate surface area is 153 Å². The number of anilines is 1. The molecule has 9 heteroatoms. The second kappa shape index (κ2) is 6.57. The minimum absolute atomic E-state index is 0.0901. The monoisotopic (exact) mass is 426 g/mol. The lowest BCUT2D eigenvalue weighted by molar-refractivity contribution is 0.373. The average molecular weight is 427 g/mol. The summed E-state index contributed by atoms with van der Waals surface area (Å²) >= 11 is 3.38. The minimum atomic E-state index is -4.02. The zero-order valence-electron chi connectivity index (χ0n) is 13.7. The molecule has 1 heterocycles. The smallest absolute Gasteiger partial charge is 0.270 e. The van der Waals surface area contributed by atoms with Crippen molar-refractivity contribution in [3.05, 3.63) is 40.4 Å². The number of hydrogen-bond donors (Lipinski definition) is 1. The average Bonchev–Trinajstić information content (AvgIpc) is 2.96.